The van der Waals surface area contributed by atoms with E-state index in [1.807, 2.05) is 61.5 Å². The fourth-order valence-electron chi connectivity index (χ4n) is 6.82. The van der Waals surface area contributed by atoms with Crippen LogP contribution in [0.5, 0.6) is 0 Å². The molecule has 3 atom stereocenters. The van der Waals surface area contributed by atoms with Gasteiger partial charge in [0.25, 0.3) is 0 Å². The molecule has 3 aromatic carbocycles. The maximum Gasteiger partial charge on any atom is 0.243 e. The molecule has 2 amide bonds. The third-order valence-corrected chi connectivity index (χ3v) is 11.6. The number of benzene rings is 3. The number of aryl methyl sites for hydroxylation is 1. The number of unbranched alkanes of at least 4 members (excludes halogenated alkanes) is 1. The molecule has 1 aliphatic rings. The Labute approximate surface area is 314 Å². The number of likely N-dealkylation sites (N-methyl/N-ethyl adjacent to an activating group) is 1. The van der Waals surface area contributed by atoms with Gasteiger partial charge in [-0.3, -0.25) is 14.4 Å². The molecule has 1 aliphatic heterocycles. The molecule has 0 aliphatic carbocycles. The van der Waals surface area contributed by atoms with Crippen LogP contribution in [-0.2, 0) is 33.9 Å². The van der Waals surface area contributed by atoms with E-state index in [2.05, 4.69) is 15.6 Å². The predicted octanol–water partition coefficient (Wildman–Crippen LogP) is 6.54. The van der Waals surface area contributed by atoms with Crippen LogP contribution in [0.15, 0.2) is 70.5 Å². The van der Waals surface area contributed by atoms with E-state index in [1.54, 1.807) is 13.1 Å². The summed E-state index contributed by atoms with van der Waals surface area (Å²) in [6, 6.07) is 18.0. The number of fused-ring (bicyclic) bond motifs is 3. The second kappa shape index (κ2) is 18.4. The number of nitrogens with one attached hydrogen (secondary N) is 3. The van der Waals surface area contributed by atoms with Gasteiger partial charge in [-0.05, 0) is 86.7 Å². The van der Waals surface area contributed by atoms with Crippen molar-refractivity contribution in [3.63, 3.8) is 0 Å². The zero-order valence-electron chi connectivity index (χ0n) is 29.3. The number of carbonyl (C=O) groups is 3. The number of hydrogen-bond donors (Lipinski definition) is 5. The third kappa shape index (κ3) is 9.74. The highest BCUT2D eigenvalue weighted by atomic mass is 35.5. The largest absolute Gasteiger partial charge is 0.358 e. The Morgan fingerprint density at radius 3 is 2.43 bits per heavy atom. The van der Waals surface area contributed by atoms with Gasteiger partial charge in [-0.2, -0.15) is 0 Å². The quantitative estimate of drug-likeness (QED) is 0.122. The van der Waals surface area contributed by atoms with Gasteiger partial charge in [-0.15, -0.1) is 0 Å². The molecule has 51 heavy (non-hydrogen) atoms. The summed E-state index contributed by atoms with van der Waals surface area (Å²) in [7, 11) is 1.67. The van der Waals surface area contributed by atoms with Crippen molar-refractivity contribution in [2.75, 3.05) is 20.1 Å². The Kier molecular flexibility index (Phi) is 14.0. The lowest BCUT2D eigenvalue weighted by atomic mass is 9.90. The average Bonchev–Trinajstić information content (AvgIpc) is 3.44. The van der Waals surface area contributed by atoms with E-state index in [1.165, 1.54) is 16.7 Å². The Bertz CT molecular complexity index is 1850. The van der Waals surface area contributed by atoms with E-state index in [0.29, 0.717) is 55.4 Å². The number of hydrogen-bond acceptors (Lipinski definition) is 7. The number of aromatic amines is 1. The molecular weight excluding hydrogens is 703 g/mol. The summed E-state index contributed by atoms with van der Waals surface area (Å²) < 4.78 is 0. The van der Waals surface area contributed by atoms with Crippen molar-refractivity contribution >= 4 is 63.5 Å². The monoisotopic (exact) mass is 750 g/mol. The van der Waals surface area contributed by atoms with Crippen molar-refractivity contribution in [3.05, 3.63) is 93.1 Å². The number of aromatic nitrogens is 1. The fourth-order valence-corrected chi connectivity index (χ4v) is 8.53. The van der Waals surface area contributed by atoms with Gasteiger partial charge in [0.15, 0.2) is 5.78 Å². The molecule has 9 nitrogen and oxygen atoms in total. The van der Waals surface area contributed by atoms with Crippen LogP contribution in [0.25, 0.3) is 10.9 Å². The van der Waals surface area contributed by atoms with E-state index >= 15 is 0 Å². The number of para-hydroxylation sites is 1. The first-order chi connectivity index (χ1) is 24.6. The second-order valence-corrected chi connectivity index (χ2v) is 15.2. The number of rotatable bonds is 9. The normalized spacial score (nSPS) is 19.5. The van der Waals surface area contributed by atoms with Gasteiger partial charge >= 0.3 is 0 Å². The van der Waals surface area contributed by atoms with Crippen LogP contribution in [0.4, 0.5) is 0 Å². The first-order valence-corrected chi connectivity index (χ1v) is 19.2. The minimum Gasteiger partial charge on any atom is -0.358 e. The van der Waals surface area contributed by atoms with Crippen LogP contribution in [0, 0.1) is 12.8 Å². The molecule has 12 heteroatoms. The Morgan fingerprint density at radius 2 is 1.65 bits per heavy atom. The van der Waals surface area contributed by atoms with Crippen LogP contribution >= 0.6 is 35.0 Å². The van der Waals surface area contributed by atoms with Crippen LogP contribution in [0.2, 0.25) is 10.0 Å². The van der Waals surface area contributed by atoms with Crippen LogP contribution in [-0.4, -0.2) is 59.7 Å². The molecule has 2 heterocycles. The minimum absolute atomic E-state index is 0.0473. The van der Waals surface area contributed by atoms with Crippen molar-refractivity contribution in [1.82, 2.24) is 20.5 Å². The molecule has 1 aromatic heterocycles. The highest BCUT2D eigenvalue weighted by Crippen LogP contribution is 2.39. The maximum atomic E-state index is 14.5. The van der Waals surface area contributed by atoms with Crippen LogP contribution < -0.4 is 22.1 Å². The van der Waals surface area contributed by atoms with Gasteiger partial charge < -0.3 is 32.0 Å². The molecule has 4 aromatic rings. The number of carbonyl (C=O) groups excluding carboxylic acids is 3. The topological polar surface area (TPSA) is 146 Å². The minimum atomic E-state index is -0.865. The third-order valence-electron chi connectivity index (χ3n) is 9.69. The first kappa shape index (κ1) is 38.8. The number of amides is 2. The number of halogens is 2. The Balaban J connectivity index is 1.59. The highest BCUT2D eigenvalue weighted by molar-refractivity contribution is 7.99. The number of ketones is 1. The lowest BCUT2D eigenvalue weighted by Gasteiger charge is -2.31. The zero-order chi connectivity index (χ0) is 36.5. The summed E-state index contributed by atoms with van der Waals surface area (Å²) in [5.41, 5.74) is 16.3. The Morgan fingerprint density at radius 1 is 0.902 bits per heavy atom. The van der Waals surface area contributed by atoms with Crippen molar-refractivity contribution in [3.8, 4) is 0 Å². The smallest absolute Gasteiger partial charge is 0.243 e. The molecule has 0 bridgehead atoms. The van der Waals surface area contributed by atoms with Crippen molar-refractivity contribution < 1.29 is 14.4 Å². The van der Waals surface area contributed by atoms with E-state index < -0.39 is 18.0 Å². The van der Waals surface area contributed by atoms with E-state index in [-0.39, 0.29) is 37.0 Å². The van der Waals surface area contributed by atoms with Gasteiger partial charge in [-0.1, -0.05) is 77.8 Å². The van der Waals surface area contributed by atoms with E-state index in [0.717, 1.165) is 49.5 Å². The lowest BCUT2D eigenvalue weighted by molar-refractivity contribution is -0.143. The Hall–Kier alpha value is -3.38. The number of H-pyrrole nitrogens is 1. The van der Waals surface area contributed by atoms with Gasteiger partial charge in [0, 0.05) is 70.3 Å². The lowest BCUT2D eigenvalue weighted by Crippen LogP contribution is -2.51. The molecule has 7 N–H and O–H groups in total. The molecule has 5 rings (SSSR count). The van der Waals surface area contributed by atoms with Crippen molar-refractivity contribution in [2.45, 2.75) is 86.8 Å². The summed E-state index contributed by atoms with van der Waals surface area (Å²) in [5, 5.41) is 8.53. The van der Waals surface area contributed by atoms with E-state index in [4.69, 9.17) is 34.7 Å². The maximum absolute atomic E-state index is 14.5. The first-order valence-electron chi connectivity index (χ1n) is 17.6. The summed E-state index contributed by atoms with van der Waals surface area (Å²) in [6.07, 6.45) is 3.43. The summed E-state index contributed by atoms with van der Waals surface area (Å²) in [6.45, 7) is 3.49. The van der Waals surface area contributed by atoms with Gasteiger partial charge in [0.05, 0.1) is 11.1 Å². The molecule has 0 unspecified atom stereocenters. The fraction of sp³-hybridized carbons (Fsp3) is 0.410. The van der Waals surface area contributed by atoms with Crippen LogP contribution in [0.1, 0.15) is 60.9 Å². The number of nitrogens with zero attached hydrogens (tertiary/aromatic N) is 1. The molecule has 0 radical (unpaired) electrons. The molecule has 272 valence electrons. The standard InChI is InChI=1S/C39H48Cl2N6O3S/c1-24-30(29-12-4-5-13-32(29)46-24)21-34-38(49)45-23-27-18-28(40)20-31(41)37(27)51-36-15-6-3-11-26(36)22-44-33(14-9-17-43)35(48)19-25(10-7-8-16-42)39(50)47(34)2/h3-6,11-13,15,18,20,25,33-34,44,46H,7-10,14,16-17,19,21-23,42-43H2,1-2H3,(H,45,49)/t25-,33+,34+/m1/s1. The molecule has 0 fully saturated rings. The van der Waals surface area contributed by atoms with Crippen molar-refractivity contribution in [1.29, 1.82) is 0 Å². The molecule has 0 saturated heterocycles. The van der Waals surface area contributed by atoms with Gasteiger partial charge in [0.2, 0.25) is 11.8 Å². The predicted molar refractivity (Wildman–Crippen MR) is 207 cm³/mol. The molecule has 0 spiro atoms. The summed E-state index contributed by atoms with van der Waals surface area (Å²) >= 11 is 14.8. The van der Waals surface area contributed by atoms with Crippen molar-refractivity contribution in [2.24, 2.45) is 17.4 Å². The highest BCUT2D eigenvalue weighted by Gasteiger charge is 2.34. The average molecular weight is 752 g/mol. The number of Topliss-reactive ketones (excluding diaryl/α,β-unsaturated/α-hetero) is 1. The zero-order valence-corrected chi connectivity index (χ0v) is 31.6. The molecular formula is C39H48Cl2N6O3S. The molecule has 0 saturated carbocycles. The van der Waals surface area contributed by atoms with Gasteiger partial charge in [-0.25, -0.2) is 0 Å². The number of nitrogens with two attached hydrogens (primary N) is 2. The SMILES string of the molecule is Cc1[nH]c2ccccc2c1C[C@H]1C(=O)NCc2cc(Cl)cc(Cl)c2Sc2ccccc2CN[C@@H](CCCN)C(=O)C[C@@H](CCCCN)C(=O)N1C. The van der Waals surface area contributed by atoms with Crippen LogP contribution in [0.3, 0.4) is 0 Å². The summed E-state index contributed by atoms with van der Waals surface area (Å²) in [4.78, 5) is 49.7. The summed E-state index contributed by atoms with van der Waals surface area (Å²) in [5.74, 6) is -1.23. The second-order valence-electron chi connectivity index (χ2n) is 13.3. The van der Waals surface area contributed by atoms with E-state index in [9.17, 15) is 14.4 Å². The van der Waals surface area contributed by atoms with Gasteiger partial charge in [0.1, 0.15) is 6.04 Å².